The minimum absolute atomic E-state index is 0.0444. The largest absolute Gasteiger partial charge is 0.301 e. The second-order valence-corrected chi connectivity index (χ2v) is 6.15. The first kappa shape index (κ1) is 15.3. The lowest BCUT2D eigenvalue weighted by Gasteiger charge is -2.07. The smallest absolute Gasteiger partial charge is 0.254 e. The van der Waals surface area contributed by atoms with Crippen LogP contribution in [0.2, 0.25) is 0 Å². The molecule has 102 valence electrons. The quantitative estimate of drug-likeness (QED) is 0.607. The van der Waals surface area contributed by atoms with Gasteiger partial charge in [-0.3, -0.25) is 4.79 Å². The highest BCUT2D eigenvalue weighted by Gasteiger charge is 2.08. The predicted octanol–water partition coefficient (Wildman–Crippen LogP) is 3.56. The molecular formula is C14H24N2OS. The van der Waals surface area contributed by atoms with Crippen LogP contribution in [-0.4, -0.2) is 15.7 Å². The summed E-state index contributed by atoms with van der Waals surface area (Å²) >= 11 is 1.64. The van der Waals surface area contributed by atoms with Crippen LogP contribution < -0.4 is 5.56 Å². The lowest BCUT2D eigenvalue weighted by molar-refractivity contribution is 0.631. The van der Waals surface area contributed by atoms with Crippen LogP contribution in [0.1, 0.15) is 51.3 Å². The molecule has 0 aliphatic heterocycles. The predicted molar refractivity (Wildman–Crippen MR) is 78.4 cm³/mol. The fourth-order valence-electron chi connectivity index (χ4n) is 1.69. The Morgan fingerprint density at radius 2 is 2.11 bits per heavy atom. The molecule has 18 heavy (non-hydrogen) atoms. The van der Waals surface area contributed by atoms with Gasteiger partial charge in [0, 0.05) is 17.0 Å². The Morgan fingerprint density at radius 1 is 1.39 bits per heavy atom. The number of rotatable bonds is 7. The summed E-state index contributed by atoms with van der Waals surface area (Å²) in [5.41, 5.74) is 1.78. The number of nitrogens with zero attached hydrogens (tertiary/aromatic N) is 1. The Kier molecular flexibility index (Phi) is 6.47. The molecule has 0 fully saturated rings. The summed E-state index contributed by atoms with van der Waals surface area (Å²) in [6.07, 6.45) is 4.13. The van der Waals surface area contributed by atoms with Gasteiger partial charge in [-0.05, 0) is 32.1 Å². The average Bonchev–Trinajstić information content (AvgIpc) is 2.27. The number of thioether (sulfide) groups is 1. The molecule has 3 nitrogen and oxygen atoms in total. The molecule has 0 spiro atoms. The topological polar surface area (TPSA) is 45.8 Å². The third-order valence-corrected chi connectivity index (χ3v) is 3.82. The molecular weight excluding hydrogens is 244 g/mol. The molecule has 0 aliphatic carbocycles. The van der Waals surface area contributed by atoms with Gasteiger partial charge >= 0.3 is 0 Å². The van der Waals surface area contributed by atoms with Crippen molar-refractivity contribution in [1.29, 1.82) is 0 Å². The Labute approximate surface area is 114 Å². The Balaban J connectivity index is 2.70. The van der Waals surface area contributed by atoms with Crippen LogP contribution >= 0.6 is 11.8 Å². The van der Waals surface area contributed by atoms with Crippen molar-refractivity contribution in [2.75, 3.05) is 5.75 Å². The number of unbranched alkanes of at least 4 members (excludes halogenated alkanes) is 1. The van der Waals surface area contributed by atoms with E-state index in [-0.39, 0.29) is 5.56 Å². The van der Waals surface area contributed by atoms with Crippen LogP contribution in [0.25, 0.3) is 0 Å². The van der Waals surface area contributed by atoms with Crippen molar-refractivity contribution in [2.24, 2.45) is 5.92 Å². The van der Waals surface area contributed by atoms with Gasteiger partial charge in [-0.15, -0.1) is 0 Å². The van der Waals surface area contributed by atoms with Gasteiger partial charge in [-0.2, -0.15) is 0 Å². The van der Waals surface area contributed by atoms with E-state index < -0.39 is 0 Å². The normalized spacial score (nSPS) is 11.2. The van der Waals surface area contributed by atoms with Crippen molar-refractivity contribution >= 4 is 11.8 Å². The monoisotopic (exact) mass is 268 g/mol. The number of hydrogen-bond acceptors (Lipinski definition) is 3. The minimum atomic E-state index is 0.0444. The zero-order chi connectivity index (χ0) is 13.5. The first-order valence-electron chi connectivity index (χ1n) is 6.77. The molecule has 0 saturated carbocycles. The van der Waals surface area contributed by atoms with E-state index in [0.717, 1.165) is 47.8 Å². The number of aromatic amines is 1. The van der Waals surface area contributed by atoms with Crippen molar-refractivity contribution in [1.82, 2.24) is 9.97 Å². The number of hydrogen-bond donors (Lipinski definition) is 1. The second-order valence-electron chi connectivity index (χ2n) is 5.07. The molecule has 0 radical (unpaired) electrons. The zero-order valence-electron chi connectivity index (χ0n) is 11.9. The summed E-state index contributed by atoms with van der Waals surface area (Å²) in [5, 5.41) is 0.762. The van der Waals surface area contributed by atoms with Crippen molar-refractivity contribution in [3.05, 3.63) is 21.6 Å². The lowest BCUT2D eigenvalue weighted by Crippen LogP contribution is -2.17. The van der Waals surface area contributed by atoms with Crippen molar-refractivity contribution in [2.45, 2.75) is 58.5 Å². The van der Waals surface area contributed by atoms with Crippen LogP contribution in [-0.2, 0) is 6.42 Å². The zero-order valence-corrected chi connectivity index (χ0v) is 12.7. The molecule has 0 aliphatic rings. The van der Waals surface area contributed by atoms with Crippen LogP contribution in [0, 0.1) is 12.8 Å². The molecule has 1 N–H and O–H groups in total. The second kappa shape index (κ2) is 7.62. The van der Waals surface area contributed by atoms with Crippen LogP contribution in [0.5, 0.6) is 0 Å². The first-order valence-corrected chi connectivity index (χ1v) is 7.75. The number of nitrogens with one attached hydrogen (secondary N) is 1. The summed E-state index contributed by atoms with van der Waals surface area (Å²) in [7, 11) is 0. The van der Waals surface area contributed by atoms with E-state index in [2.05, 4.69) is 30.7 Å². The Bertz CT molecular complexity index is 426. The van der Waals surface area contributed by atoms with Gasteiger partial charge < -0.3 is 4.98 Å². The van der Waals surface area contributed by atoms with E-state index in [1.165, 1.54) is 0 Å². The SMILES string of the molecule is CCCCc1c(C)nc(SCCC(C)C)[nH]c1=O. The van der Waals surface area contributed by atoms with E-state index in [9.17, 15) is 4.79 Å². The van der Waals surface area contributed by atoms with Gasteiger partial charge in [0.25, 0.3) is 5.56 Å². The maximum Gasteiger partial charge on any atom is 0.254 e. The molecule has 1 aromatic heterocycles. The van der Waals surface area contributed by atoms with Gasteiger partial charge in [0.05, 0.1) is 0 Å². The van der Waals surface area contributed by atoms with E-state index in [0.29, 0.717) is 5.92 Å². The summed E-state index contributed by atoms with van der Waals surface area (Å²) in [6.45, 7) is 8.48. The Morgan fingerprint density at radius 3 is 2.67 bits per heavy atom. The fourth-order valence-corrected chi connectivity index (χ4v) is 2.84. The van der Waals surface area contributed by atoms with E-state index in [4.69, 9.17) is 0 Å². The molecule has 4 heteroatoms. The summed E-state index contributed by atoms with van der Waals surface area (Å²) in [6, 6.07) is 0. The number of aromatic nitrogens is 2. The highest BCUT2D eigenvalue weighted by Crippen LogP contribution is 2.16. The summed E-state index contributed by atoms with van der Waals surface area (Å²) in [5.74, 6) is 1.70. The molecule has 0 amide bonds. The molecule has 0 unspecified atom stereocenters. The van der Waals surface area contributed by atoms with Crippen molar-refractivity contribution in [3.8, 4) is 0 Å². The molecule has 0 bridgehead atoms. The van der Waals surface area contributed by atoms with E-state index in [1.807, 2.05) is 6.92 Å². The number of aryl methyl sites for hydroxylation is 1. The van der Waals surface area contributed by atoms with Crippen LogP contribution in [0.15, 0.2) is 9.95 Å². The standard InChI is InChI=1S/C14H24N2OS/c1-5-6-7-12-11(4)15-14(16-13(12)17)18-9-8-10(2)3/h10H,5-9H2,1-4H3,(H,15,16,17). The molecule has 0 aromatic carbocycles. The van der Waals surface area contributed by atoms with Crippen molar-refractivity contribution < 1.29 is 0 Å². The third-order valence-electron chi connectivity index (χ3n) is 2.91. The molecule has 1 heterocycles. The lowest BCUT2D eigenvalue weighted by atomic mass is 10.1. The van der Waals surface area contributed by atoms with Gasteiger partial charge in [-0.25, -0.2) is 4.98 Å². The fraction of sp³-hybridized carbons (Fsp3) is 0.714. The molecule has 0 saturated heterocycles. The summed E-state index contributed by atoms with van der Waals surface area (Å²) < 4.78 is 0. The molecule has 1 aromatic rings. The van der Waals surface area contributed by atoms with Gasteiger partial charge in [0.1, 0.15) is 0 Å². The maximum atomic E-state index is 12.0. The average molecular weight is 268 g/mol. The van der Waals surface area contributed by atoms with Gasteiger partial charge in [0.2, 0.25) is 0 Å². The van der Waals surface area contributed by atoms with E-state index >= 15 is 0 Å². The minimum Gasteiger partial charge on any atom is -0.301 e. The summed E-state index contributed by atoms with van der Waals surface area (Å²) in [4.78, 5) is 19.3. The first-order chi connectivity index (χ1) is 8.54. The molecule has 0 atom stereocenters. The van der Waals surface area contributed by atoms with Crippen molar-refractivity contribution in [3.63, 3.8) is 0 Å². The third kappa shape index (κ3) is 4.84. The van der Waals surface area contributed by atoms with Crippen LogP contribution in [0.4, 0.5) is 0 Å². The van der Waals surface area contributed by atoms with Gasteiger partial charge in [-0.1, -0.05) is 39.0 Å². The highest BCUT2D eigenvalue weighted by atomic mass is 32.2. The Hall–Kier alpha value is -0.770. The maximum absolute atomic E-state index is 12.0. The molecule has 1 rings (SSSR count). The highest BCUT2D eigenvalue weighted by molar-refractivity contribution is 7.99. The van der Waals surface area contributed by atoms with Gasteiger partial charge in [0.15, 0.2) is 5.16 Å². The van der Waals surface area contributed by atoms with Crippen LogP contribution in [0.3, 0.4) is 0 Å². The van der Waals surface area contributed by atoms with E-state index in [1.54, 1.807) is 11.8 Å². The number of H-pyrrole nitrogens is 1.